The summed E-state index contributed by atoms with van der Waals surface area (Å²) in [6.45, 7) is 2.14. The van der Waals surface area contributed by atoms with E-state index in [0.29, 0.717) is 17.1 Å². The molecule has 0 radical (unpaired) electrons. The number of methoxy groups -OCH3 is 1. The lowest BCUT2D eigenvalue weighted by molar-refractivity contribution is -0.159. The van der Waals surface area contributed by atoms with E-state index in [9.17, 15) is 13.2 Å². The van der Waals surface area contributed by atoms with Gasteiger partial charge in [-0.1, -0.05) is 48.0 Å². The normalized spacial score (nSPS) is 20.5. The van der Waals surface area contributed by atoms with Crippen LogP contribution in [0.1, 0.15) is 29.0 Å². The molecule has 2 aliphatic heterocycles. The fourth-order valence-corrected chi connectivity index (χ4v) is 5.17. The first-order chi connectivity index (χ1) is 16.8. The summed E-state index contributed by atoms with van der Waals surface area (Å²) in [6.07, 6.45) is -1.29. The Kier molecular flexibility index (Phi) is 6.12. The molecule has 35 heavy (non-hydrogen) atoms. The van der Waals surface area contributed by atoms with Crippen LogP contribution in [0, 0.1) is 6.92 Å². The highest BCUT2D eigenvalue weighted by atomic mass is 32.2. The second-order valence-corrected chi connectivity index (χ2v) is 9.98. The molecule has 5 rings (SSSR count). The number of hydrogen-bond acceptors (Lipinski definition) is 8. The molecular formula is C26H24O8S. The van der Waals surface area contributed by atoms with Gasteiger partial charge in [-0.2, -0.15) is 8.42 Å². The molecule has 0 aromatic heterocycles. The van der Waals surface area contributed by atoms with Gasteiger partial charge in [0.15, 0.2) is 11.9 Å². The van der Waals surface area contributed by atoms with Crippen molar-refractivity contribution in [1.29, 1.82) is 0 Å². The first-order valence-electron chi connectivity index (χ1n) is 11.1. The van der Waals surface area contributed by atoms with E-state index in [1.54, 1.807) is 18.2 Å². The van der Waals surface area contributed by atoms with Crippen LogP contribution >= 0.6 is 0 Å². The maximum atomic E-state index is 13.1. The summed E-state index contributed by atoms with van der Waals surface area (Å²) in [5.74, 6) is -0.0652. The monoisotopic (exact) mass is 496 g/mol. The van der Waals surface area contributed by atoms with E-state index in [-0.39, 0.29) is 23.7 Å². The molecule has 2 heterocycles. The van der Waals surface area contributed by atoms with Gasteiger partial charge in [-0.15, -0.1) is 0 Å². The molecule has 0 spiro atoms. The number of carbonyl (C=O) groups is 1. The van der Waals surface area contributed by atoms with Gasteiger partial charge in [0.25, 0.3) is 0 Å². The van der Waals surface area contributed by atoms with Crippen molar-refractivity contribution < 1.29 is 36.3 Å². The average molecular weight is 497 g/mol. The van der Waals surface area contributed by atoms with Crippen LogP contribution in [0.4, 0.5) is 0 Å². The van der Waals surface area contributed by atoms with Gasteiger partial charge in [0.1, 0.15) is 23.0 Å². The van der Waals surface area contributed by atoms with Crippen LogP contribution in [0.2, 0.25) is 0 Å². The summed E-state index contributed by atoms with van der Waals surface area (Å²) < 4.78 is 54.2. The average Bonchev–Trinajstić information content (AvgIpc) is 3.41. The van der Waals surface area contributed by atoms with Crippen LogP contribution in [0.5, 0.6) is 17.2 Å². The lowest BCUT2D eigenvalue weighted by atomic mass is 9.95. The minimum absolute atomic E-state index is 0.0260. The lowest BCUT2D eigenvalue weighted by Gasteiger charge is -2.16. The third-order valence-corrected chi connectivity index (χ3v) is 7.26. The molecule has 2 aliphatic rings. The summed E-state index contributed by atoms with van der Waals surface area (Å²) in [7, 11) is -2.86. The molecule has 0 N–H and O–H groups in total. The predicted octanol–water partition coefficient (Wildman–Crippen LogP) is 4.11. The van der Waals surface area contributed by atoms with Crippen molar-refractivity contribution in [2.75, 3.05) is 7.11 Å². The van der Waals surface area contributed by atoms with Crippen LogP contribution < -0.4 is 13.7 Å². The molecule has 8 nitrogen and oxygen atoms in total. The second-order valence-electron chi connectivity index (χ2n) is 8.43. The lowest BCUT2D eigenvalue weighted by Crippen LogP contribution is -2.24. The number of ether oxygens (including phenoxy) is 4. The molecule has 3 aromatic rings. The molecule has 3 atom stereocenters. The zero-order chi connectivity index (χ0) is 24.6. The van der Waals surface area contributed by atoms with E-state index in [2.05, 4.69) is 0 Å². The molecule has 0 aliphatic carbocycles. The van der Waals surface area contributed by atoms with Gasteiger partial charge in [-0.3, -0.25) is 0 Å². The second kappa shape index (κ2) is 9.24. The van der Waals surface area contributed by atoms with Gasteiger partial charge in [0, 0.05) is 17.7 Å². The van der Waals surface area contributed by atoms with E-state index in [4.69, 9.17) is 23.1 Å². The van der Waals surface area contributed by atoms with Crippen LogP contribution in [0.15, 0.2) is 71.6 Å². The minimum atomic E-state index is -4.14. The van der Waals surface area contributed by atoms with E-state index >= 15 is 0 Å². The van der Waals surface area contributed by atoms with Crippen molar-refractivity contribution in [3.8, 4) is 17.2 Å². The zero-order valence-electron chi connectivity index (χ0n) is 19.2. The Morgan fingerprint density at radius 3 is 2.51 bits per heavy atom. The molecular weight excluding hydrogens is 472 g/mol. The van der Waals surface area contributed by atoms with E-state index in [1.807, 2.05) is 37.3 Å². The maximum Gasteiger partial charge on any atom is 0.339 e. The minimum Gasteiger partial charge on any atom is -0.489 e. The molecule has 9 heteroatoms. The van der Waals surface area contributed by atoms with E-state index in [1.165, 1.54) is 25.3 Å². The van der Waals surface area contributed by atoms with Crippen LogP contribution in [0.3, 0.4) is 0 Å². The highest BCUT2D eigenvalue weighted by molar-refractivity contribution is 7.87. The third-order valence-electron chi connectivity index (χ3n) is 6.01. The Morgan fingerprint density at radius 1 is 1.06 bits per heavy atom. The van der Waals surface area contributed by atoms with Gasteiger partial charge in [-0.25, -0.2) is 4.79 Å². The first-order valence-corrected chi connectivity index (χ1v) is 12.5. The van der Waals surface area contributed by atoms with Crippen molar-refractivity contribution in [3.63, 3.8) is 0 Å². The standard InChI is InChI=1S/C26H24O8S/c1-16-8-10-19(11-9-16)35(28,29)34-22-13-18(31-15-17-6-4-3-5-7-17)12-21-24(22)20-14-23(25(27)30-2)33-26(20)32-21/h3-13,20,23,26H,14-15H2,1-2H3/t20?,23-,26?/m0/s1. The Morgan fingerprint density at radius 2 is 1.80 bits per heavy atom. The van der Waals surface area contributed by atoms with Crippen molar-refractivity contribution in [2.24, 2.45) is 0 Å². The third kappa shape index (κ3) is 4.69. The zero-order valence-corrected chi connectivity index (χ0v) is 20.0. The SMILES string of the molecule is COC(=O)[C@@H]1CC2c3c(cc(OCc4ccccc4)cc3OS(=O)(=O)c3ccc(C)cc3)OC2O1. The summed E-state index contributed by atoms with van der Waals surface area (Å²) in [6, 6.07) is 19.2. The Bertz CT molecular complexity index is 1340. The molecule has 0 amide bonds. The van der Waals surface area contributed by atoms with Crippen molar-refractivity contribution in [3.05, 3.63) is 83.4 Å². The summed E-state index contributed by atoms with van der Waals surface area (Å²) in [5.41, 5.74) is 2.39. The number of aryl methyl sites for hydroxylation is 1. The number of rotatable bonds is 7. The van der Waals surface area contributed by atoms with Crippen molar-refractivity contribution >= 4 is 16.1 Å². The number of esters is 1. The van der Waals surface area contributed by atoms with Gasteiger partial charge in [0.2, 0.25) is 6.29 Å². The first kappa shape index (κ1) is 23.2. The Labute approximate surface area is 203 Å². The topological polar surface area (TPSA) is 97.4 Å². The Balaban J connectivity index is 1.49. The molecule has 3 aromatic carbocycles. The molecule has 2 unspecified atom stereocenters. The van der Waals surface area contributed by atoms with Crippen molar-refractivity contribution in [2.45, 2.75) is 43.2 Å². The van der Waals surface area contributed by atoms with Gasteiger partial charge in [0.05, 0.1) is 13.0 Å². The fraction of sp³-hybridized carbons (Fsp3) is 0.269. The largest absolute Gasteiger partial charge is 0.489 e. The summed E-state index contributed by atoms with van der Waals surface area (Å²) in [5, 5.41) is 0. The highest BCUT2D eigenvalue weighted by Gasteiger charge is 2.49. The number of benzene rings is 3. The van der Waals surface area contributed by atoms with E-state index < -0.39 is 34.4 Å². The van der Waals surface area contributed by atoms with Crippen LogP contribution in [-0.4, -0.2) is 33.9 Å². The number of carbonyl (C=O) groups excluding carboxylic acids is 1. The quantitative estimate of drug-likeness (QED) is 0.356. The fourth-order valence-electron chi connectivity index (χ4n) is 4.23. The number of hydrogen-bond donors (Lipinski definition) is 0. The van der Waals surface area contributed by atoms with Crippen molar-refractivity contribution in [1.82, 2.24) is 0 Å². The summed E-state index contributed by atoms with van der Waals surface area (Å²) >= 11 is 0. The molecule has 1 fully saturated rings. The smallest absolute Gasteiger partial charge is 0.339 e. The summed E-state index contributed by atoms with van der Waals surface area (Å²) in [4.78, 5) is 12.0. The van der Waals surface area contributed by atoms with Crippen LogP contribution in [-0.2, 0) is 31.0 Å². The number of fused-ring (bicyclic) bond motifs is 3. The van der Waals surface area contributed by atoms with Gasteiger partial charge < -0.3 is 23.1 Å². The molecule has 182 valence electrons. The van der Waals surface area contributed by atoms with Gasteiger partial charge in [-0.05, 0) is 31.0 Å². The molecule has 1 saturated heterocycles. The Hall–Kier alpha value is -3.56. The molecule has 0 saturated carbocycles. The van der Waals surface area contributed by atoms with Crippen LogP contribution in [0.25, 0.3) is 0 Å². The van der Waals surface area contributed by atoms with E-state index in [0.717, 1.165) is 11.1 Å². The predicted molar refractivity (Wildman–Crippen MR) is 125 cm³/mol. The molecule has 0 bridgehead atoms. The maximum absolute atomic E-state index is 13.1. The van der Waals surface area contributed by atoms with Gasteiger partial charge >= 0.3 is 16.1 Å². The highest BCUT2D eigenvalue weighted by Crippen LogP contribution is 2.52.